The average molecular weight is 369 g/mol. The van der Waals surface area contributed by atoms with Crippen LogP contribution in [0.1, 0.15) is 46.0 Å². The summed E-state index contributed by atoms with van der Waals surface area (Å²) in [4.78, 5) is 24.5. The molecule has 0 saturated heterocycles. The molecule has 0 spiro atoms. The number of rotatable bonds is 6. The zero-order valence-electron chi connectivity index (χ0n) is 15.0. The van der Waals surface area contributed by atoms with Crippen LogP contribution in [0.5, 0.6) is 0 Å². The van der Waals surface area contributed by atoms with Gasteiger partial charge < -0.3 is 10.6 Å². The number of hydrogen-bond donors (Lipinski definition) is 3. The van der Waals surface area contributed by atoms with Crippen molar-refractivity contribution in [1.29, 1.82) is 0 Å². The molecule has 0 unspecified atom stereocenters. The van der Waals surface area contributed by atoms with Crippen LogP contribution in [-0.4, -0.2) is 23.5 Å². The van der Waals surface area contributed by atoms with Gasteiger partial charge in [0.1, 0.15) is 0 Å². The Morgan fingerprint density at radius 1 is 1.00 bits per heavy atom. The summed E-state index contributed by atoms with van der Waals surface area (Å²) < 4.78 is 0. The van der Waals surface area contributed by atoms with Gasteiger partial charge in [-0.05, 0) is 49.8 Å². The number of hydrogen-bond acceptors (Lipinski definition) is 3. The number of benzene rings is 2. The second-order valence-electron chi connectivity index (χ2n) is 5.93. The molecule has 0 aliphatic heterocycles. The quantitative estimate of drug-likeness (QED) is 0.537. The molecule has 0 heterocycles. The minimum atomic E-state index is -0.299. The molecule has 0 atom stereocenters. The number of amides is 2. The molecule has 0 radical (unpaired) electrons. The molecule has 2 aromatic carbocycles. The topological polar surface area (TPSA) is 70.2 Å². The van der Waals surface area contributed by atoms with Gasteiger partial charge in [-0.25, -0.2) is 0 Å². The second kappa shape index (κ2) is 9.68. The maximum absolute atomic E-state index is 12.3. The second-order valence-corrected chi connectivity index (χ2v) is 6.34. The summed E-state index contributed by atoms with van der Waals surface area (Å²) in [7, 11) is 0. The van der Waals surface area contributed by atoms with Gasteiger partial charge in [-0.2, -0.15) is 0 Å². The summed E-state index contributed by atoms with van der Waals surface area (Å²) in [6.07, 6.45) is 1.93. The lowest BCUT2D eigenvalue weighted by Gasteiger charge is -2.13. The number of carbonyl (C=O) groups is 2. The molecule has 2 aromatic rings. The summed E-state index contributed by atoms with van der Waals surface area (Å²) in [6, 6.07) is 14.3. The van der Waals surface area contributed by atoms with Crippen molar-refractivity contribution in [3.05, 3.63) is 65.2 Å². The van der Waals surface area contributed by atoms with Gasteiger partial charge in [-0.15, -0.1) is 0 Å². The number of thiocarbonyl (C=S) groups is 1. The lowest BCUT2D eigenvalue weighted by atomic mass is 10.1. The Morgan fingerprint density at radius 3 is 2.38 bits per heavy atom. The van der Waals surface area contributed by atoms with E-state index in [0.29, 0.717) is 23.4 Å². The van der Waals surface area contributed by atoms with Gasteiger partial charge in [0, 0.05) is 12.1 Å². The van der Waals surface area contributed by atoms with Gasteiger partial charge in [0.05, 0.1) is 11.3 Å². The Kier molecular flexibility index (Phi) is 7.29. The molecule has 2 amide bonds. The van der Waals surface area contributed by atoms with E-state index in [4.69, 9.17) is 12.2 Å². The summed E-state index contributed by atoms with van der Waals surface area (Å²) >= 11 is 5.22. The fraction of sp³-hybridized carbons (Fsp3) is 0.250. The predicted octanol–water partition coefficient (Wildman–Crippen LogP) is 3.65. The first-order valence-corrected chi connectivity index (χ1v) is 8.98. The van der Waals surface area contributed by atoms with Crippen LogP contribution in [0.15, 0.2) is 48.5 Å². The number of carbonyl (C=O) groups excluding carboxylic acids is 2. The molecule has 0 fully saturated rings. The van der Waals surface area contributed by atoms with E-state index >= 15 is 0 Å². The number of aryl methyl sites for hydroxylation is 1. The lowest BCUT2D eigenvalue weighted by Crippen LogP contribution is -2.35. The molecule has 6 heteroatoms. The third kappa shape index (κ3) is 5.67. The summed E-state index contributed by atoms with van der Waals surface area (Å²) in [6.45, 7) is 4.64. The van der Waals surface area contributed by atoms with Crippen LogP contribution < -0.4 is 16.0 Å². The van der Waals surface area contributed by atoms with Crippen molar-refractivity contribution in [3.8, 4) is 0 Å². The van der Waals surface area contributed by atoms with Crippen LogP contribution in [0.4, 0.5) is 5.69 Å². The molecule has 3 N–H and O–H groups in total. The van der Waals surface area contributed by atoms with Crippen LogP contribution in [0.25, 0.3) is 0 Å². The van der Waals surface area contributed by atoms with Crippen molar-refractivity contribution in [3.63, 3.8) is 0 Å². The van der Waals surface area contributed by atoms with Crippen molar-refractivity contribution in [2.45, 2.75) is 26.7 Å². The molecule has 136 valence electrons. The van der Waals surface area contributed by atoms with Gasteiger partial charge in [0.25, 0.3) is 11.8 Å². The minimum Gasteiger partial charge on any atom is -0.352 e. The first-order chi connectivity index (χ1) is 12.5. The van der Waals surface area contributed by atoms with Crippen LogP contribution in [0.3, 0.4) is 0 Å². The monoisotopic (exact) mass is 369 g/mol. The van der Waals surface area contributed by atoms with Gasteiger partial charge >= 0.3 is 0 Å². The van der Waals surface area contributed by atoms with E-state index in [1.54, 1.807) is 36.4 Å². The van der Waals surface area contributed by atoms with Gasteiger partial charge in [-0.3, -0.25) is 14.9 Å². The standard InChI is InChI=1S/C20H23N3O2S/c1-3-4-13-21-19(25)16-7-5-6-8-17(16)22-20(26)23-18(24)15-11-9-14(2)10-12-15/h5-12H,3-4,13H2,1-2H3,(H,21,25)(H2,22,23,24,26). The molecule has 0 saturated carbocycles. The predicted molar refractivity (Wildman–Crippen MR) is 109 cm³/mol. The Bertz CT molecular complexity index is 788. The highest BCUT2D eigenvalue weighted by molar-refractivity contribution is 7.80. The molecule has 2 rings (SSSR count). The third-order valence-electron chi connectivity index (χ3n) is 3.78. The number of nitrogens with one attached hydrogen (secondary N) is 3. The van der Waals surface area contributed by atoms with Crippen LogP contribution in [0.2, 0.25) is 0 Å². The van der Waals surface area contributed by atoms with E-state index in [0.717, 1.165) is 18.4 Å². The molecular weight excluding hydrogens is 346 g/mol. The zero-order chi connectivity index (χ0) is 18.9. The molecular formula is C20H23N3O2S. The van der Waals surface area contributed by atoms with E-state index in [1.165, 1.54) is 0 Å². The van der Waals surface area contributed by atoms with Crippen molar-refractivity contribution in [2.24, 2.45) is 0 Å². The van der Waals surface area contributed by atoms with Crippen LogP contribution >= 0.6 is 12.2 Å². The van der Waals surface area contributed by atoms with E-state index < -0.39 is 0 Å². The molecule has 5 nitrogen and oxygen atoms in total. The average Bonchev–Trinajstić information content (AvgIpc) is 2.62. The van der Waals surface area contributed by atoms with E-state index in [-0.39, 0.29) is 16.9 Å². The largest absolute Gasteiger partial charge is 0.352 e. The van der Waals surface area contributed by atoms with Crippen molar-refractivity contribution >= 4 is 34.8 Å². The van der Waals surface area contributed by atoms with Gasteiger partial charge in [0.2, 0.25) is 0 Å². The first kappa shape index (κ1) is 19.6. The van der Waals surface area contributed by atoms with Gasteiger partial charge in [-0.1, -0.05) is 43.2 Å². The Balaban J connectivity index is 2.01. The normalized spacial score (nSPS) is 10.1. The molecule has 0 aliphatic rings. The summed E-state index contributed by atoms with van der Waals surface area (Å²) in [5.74, 6) is -0.471. The molecule has 0 bridgehead atoms. The fourth-order valence-corrected chi connectivity index (χ4v) is 2.50. The third-order valence-corrected chi connectivity index (χ3v) is 3.98. The number of anilines is 1. The number of unbranched alkanes of at least 4 members (excludes halogenated alkanes) is 1. The first-order valence-electron chi connectivity index (χ1n) is 8.57. The summed E-state index contributed by atoms with van der Waals surface area (Å²) in [5, 5.41) is 8.58. The van der Waals surface area contributed by atoms with Crippen LogP contribution in [-0.2, 0) is 0 Å². The smallest absolute Gasteiger partial charge is 0.257 e. The summed E-state index contributed by atoms with van der Waals surface area (Å²) in [5.41, 5.74) is 2.63. The highest BCUT2D eigenvalue weighted by Crippen LogP contribution is 2.15. The van der Waals surface area contributed by atoms with Crippen LogP contribution in [0, 0.1) is 6.92 Å². The zero-order valence-corrected chi connectivity index (χ0v) is 15.8. The lowest BCUT2D eigenvalue weighted by molar-refractivity contribution is 0.0952. The maximum Gasteiger partial charge on any atom is 0.257 e. The maximum atomic E-state index is 12.3. The Hall–Kier alpha value is -2.73. The van der Waals surface area contributed by atoms with Crippen molar-refractivity contribution in [1.82, 2.24) is 10.6 Å². The number of para-hydroxylation sites is 1. The van der Waals surface area contributed by atoms with E-state index in [2.05, 4.69) is 22.9 Å². The van der Waals surface area contributed by atoms with Crippen molar-refractivity contribution in [2.75, 3.05) is 11.9 Å². The molecule has 0 aromatic heterocycles. The molecule has 26 heavy (non-hydrogen) atoms. The minimum absolute atomic E-state index is 0.143. The van der Waals surface area contributed by atoms with Crippen molar-refractivity contribution < 1.29 is 9.59 Å². The van der Waals surface area contributed by atoms with Gasteiger partial charge in [0.15, 0.2) is 5.11 Å². The SMILES string of the molecule is CCCCNC(=O)c1ccccc1NC(=S)NC(=O)c1ccc(C)cc1. The van der Waals surface area contributed by atoms with E-state index in [9.17, 15) is 9.59 Å². The van der Waals surface area contributed by atoms with E-state index in [1.807, 2.05) is 19.1 Å². The highest BCUT2D eigenvalue weighted by atomic mass is 32.1. The Morgan fingerprint density at radius 2 is 1.69 bits per heavy atom. The molecule has 0 aliphatic carbocycles. The highest BCUT2D eigenvalue weighted by Gasteiger charge is 2.13. The Labute approximate surface area is 159 Å². The fourth-order valence-electron chi connectivity index (χ4n) is 2.30.